The zero-order valence-corrected chi connectivity index (χ0v) is 6.38. The Morgan fingerprint density at radius 3 is 2.64 bits per heavy atom. The van der Waals surface area contributed by atoms with Gasteiger partial charge >= 0.3 is 0 Å². The SMILES string of the molecule is NC1=CC(=S(=O)=O)C(O)C=C1. The molecule has 1 aliphatic rings. The third kappa shape index (κ3) is 1.69. The first-order chi connectivity index (χ1) is 5.11. The molecule has 1 rings (SSSR count). The van der Waals surface area contributed by atoms with Crippen molar-refractivity contribution < 1.29 is 13.5 Å². The van der Waals surface area contributed by atoms with E-state index < -0.39 is 16.4 Å². The van der Waals surface area contributed by atoms with Gasteiger partial charge in [-0.1, -0.05) is 0 Å². The fourth-order valence-corrected chi connectivity index (χ4v) is 1.25. The Morgan fingerprint density at radius 1 is 1.55 bits per heavy atom. The maximum absolute atomic E-state index is 10.4. The second kappa shape index (κ2) is 2.89. The lowest BCUT2D eigenvalue weighted by Gasteiger charge is -2.07. The molecular weight excluding hydrogens is 166 g/mol. The van der Waals surface area contributed by atoms with Crippen LogP contribution in [0, 0.1) is 0 Å². The average Bonchev–Trinajstić information content (AvgIpc) is 1.94. The highest BCUT2D eigenvalue weighted by atomic mass is 32.2. The van der Waals surface area contributed by atoms with Crippen molar-refractivity contribution in [1.82, 2.24) is 0 Å². The lowest BCUT2D eigenvalue weighted by molar-refractivity contribution is 0.291. The summed E-state index contributed by atoms with van der Waals surface area (Å²) in [5.41, 5.74) is 5.62. The quantitative estimate of drug-likeness (QED) is 0.451. The second-order valence-corrected chi connectivity index (χ2v) is 3.03. The molecule has 0 amide bonds. The van der Waals surface area contributed by atoms with E-state index in [1.165, 1.54) is 18.2 Å². The number of nitrogens with two attached hydrogens (primary N) is 1. The van der Waals surface area contributed by atoms with Gasteiger partial charge in [0.05, 0.1) is 0 Å². The number of aliphatic hydroxyl groups excluding tert-OH is 1. The summed E-state index contributed by atoms with van der Waals surface area (Å²) in [5.74, 6) is 0. The minimum atomic E-state index is -2.39. The lowest BCUT2D eigenvalue weighted by Crippen LogP contribution is -2.21. The molecule has 5 heteroatoms. The van der Waals surface area contributed by atoms with E-state index in [1.54, 1.807) is 0 Å². The molecule has 1 atom stereocenters. The number of hydrogen-bond donors (Lipinski definition) is 2. The second-order valence-electron chi connectivity index (χ2n) is 2.09. The van der Waals surface area contributed by atoms with Crippen molar-refractivity contribution >= 4 is 15.2 Å². The van der Waals surface area contributed by atoms with E-state index >= 15 is 0 Å². The van der Waals surface area contributed by atoms with Crippen molar-refractivity contribution in [3.8, 4) is 0 Å². The van der Waals surface area contributed by atoms with Gasteiger partial charge in [0, 0.05) is 5.70 Å². The Kier molecular flexibility index (Phi) is 2.11. The van der Waals surface area contributed by atoms with E-state index in [2.05, 4.69) is 0 Å². The highest BCUT2D eigenvalue weighted by Crippen LogP contribution is 2.02. The molecule has 0 spiro atoms. The van der Waals surface area contributed by atoms with Crippen molar-refractivity contribution in [2.24, 2.45) is 5.73 Å². The summed E-state index contributed by atoms with van der Waals surface area (Å²) < 4.78 is 20.8. The van der Waals surface area contributed by atoms with E-state index in [0.29, 0.717) is 5.70 Å². The minimum absolute atomic E-state index is 0.0926. The molecule has 0 fully saturated rings. The van der Waals surface area contributed by atoms with Crippen LogP contribution in [0.25, 0.3) is 0 Å². The summed E-state index contributed by atoms with van der Waals surface area (Å²) >= 11 is 0. The predicted molar refractivity (Wildman–Crippen MR) is 41.3 cm³/mol. The van der Waals surface area contributed by atoms with Gasteiger partial charge in [0.1, 0.15) is 11.0 Å². The molecule has 0 saturated carbocycles. The van der Waals surface area contributed by atoms with Crippen LogP contribution in [0.1, 0.15) is 0 Å². The fourth-order valence-electron chi connectivity index (χ4n) is 0.742. The zero-order chi connectivity index (χ0) is 8.43. The van der Waals surface area contributed by atoms with Crippen LogP contribution < -0.4 is 5.73 Å². The Hall–Kier alpha value is -1.07. The van der Waals surface area contributed by atoms with Gasteiger partial charge in [0.15, 0.2) is 0 Å². The number of hydrogen-bond acceptors (Lipinski definition) is 4. The van der Waals surface area contributed by atoms with E-state index in [-0.39, 0.29) is 4.86 Å². The fraction of sp³-hybridized carbons (Fsp3) is 0.167. The van der Waals surface area contributed by atoms with Gasteiger partial charge < -0.3 is 10.8 Å². The summed E-state index contributed by atoms with van der Waals surface area (Å²) in [5, 5.41) is 9.04. The molecular formula is C6H7NO3S. The van der Waals surface area contributed by atoms with Crippen LogP contribution in [0.5, 0.6) is 0 Å². The number of allylic oxidation sites excluding steroid dienone is 1. The molecule has 1 unspecified atom stereocenters. The predicted octanol–water partition coefficient (Wildman–Crippen LogP) is -1.19. The van der Waals surface area contributed by atoms with Gasteiger partial charge in [-0.15, -0.1) is 0 Å². The normalized spacial score (nSPS) is 23.2. The van der Waals surface area contributed by atoms with Crippen molar-refractivity contribution in [2.45, 2.75) is 6.10 Å². The average molecular weight is 173 g/mol. The molecule has 0 aromatic heterocycles. The van der Waals surface area contributed by atoms with E-state index in [1.807, 2.05) is 0 Å². The smallest absolute Gasteiger partial charge is 0.220 e. The van der Waals surface area contributed by atoms with Gasteiger partial charge in [-0.25, -0.2) is 0 Å². The maximum atomic E-state index is 10.4. The van der Waals surface area contributed by atoms with Gasteiger partial charge in [-0.05, 0) is 18.2 Å². The molecule has 0 heterocycles. The first kappa shape index (κ1) is 8.03. The van der Waals surface area contributed by atoms with Crippen molar-refractivity contribution in [3.63, 3.8) is 0 Å². The van der Waals surface area contributed by atoms with Crippen LogP contribution in [-0.4, -0.2) is 24.5 Å². The molecule has 0 saturated heterocycles. The van der Waals surface area contributed by atoms with Gasteiger partial charge in [-0.3, -0.25) is 0 Å². The molecule has 11 heavy (non-hydrogen) atoms. The largest absolute Gasteiger partial charge is 0.399 e. The summed E-state index contributed by atoms with van der Waals surface area (Å²) in [4.78, 5) is -0.0926. The summed E-state index contributed by atoms with van der Waals surface area (Å²) in [7, 11) is -2.39. The van der Waals surface area contributed by atoms with Crippen molar-refractivity contribution in [3.05, 3.63) is 23.9 Å². The van der Waals surface area contributed by atoms with Crippen molar-refractivity contribution in [1.29, 1.82) is 0 Å². The standard InChI is InChI=1S/C6H7NO3S/c7-4-1-2-5(8)6(3-4)11(9)10/h1-3,5,8H,7H2. The number of aliphatic hydroxyl groups is 1. The van der Waals surface area contributed by atoms with Gasteiger partial charge in [0.2, 0.25) is 10.3 Å². The van der Waals surface area contributed by atoms with Crippen LogP contribution >= 0.6 is 0 Å². The molecule has 1 aliphatic carbocycles. The van der Waals surface area contributed by atoms with Gasteiger partial charge in [0.25, 0.3) is 0 Å². The molecule has 0 radical (unpaired) electrons. The van der Waals surface area contributed by atoms with E-state index in [9.17, 15) is 8.42 Å². The molecule has 0 aliphatic heterocycles. The summed E-state index contributed by atoms with van der Waals surface area (Å²) in [6.45, 7) is 0. The Morgan fingerprint density at radius 2 is 2.18 bits per heavy atom. The highest BCUT2D eigenvalue weighted by molar-refractivity contribution is 7.73. The molecule has 60 valence electrons. The topological polar surface area (TPSA) is 80.4 Å². The zero-order valence-electron chi connectivity index (χ0n) is 5.56. The lowest BCUT2D eigenvalue weighted by atomic mass is 10.1. The van der Waals surface area contributed by atoms with Crippen LogP contribution in [-0.2, 0) is 10.3 Å². The van der Waals surface area contributed by atoms with Crippen LogP contribution in [0.15, 0.2) is 23.9 Å². The van der Waals surface area contributed by atoms with Gasteiger partial charge in [-0.2, -0.15) is 8.42 Å². The monoisotopic (exact) mass is 173 g/mol. The van der Waals surface area contributed by atoms with Crippen LogP contribution in [0.4, 0.5) is 0 Å². The number of rotatable bonds is 0. The first-order valence-electron chi connectivity index (χ1n) is 2.91. The molecule has 3 N–H and O–H groups in total. The van der Waals surface area contributed by atoms with E-state index in [0.717, 1.165) is 0 Å². The molecule has 0 aromatic carbocycles. The third-order valence-corrected chi connectivity index (χ3v) is 2.01. The Bertz CT molecular complexity index is 342. The Labute approximate surface area is 65.2 Å². The van der Waals surface area contributed by atoms with Crippen LogP contribution in [0.3, 0.4) is 0 Å². The Balaban J connectivity index is 3.21. The minimum Gasteiger partial charge on any atom is -0.399 e. The molecule has 0 bridgehead atoms. The van der Waals surface area contributed by atoms with Crippen LogP contribution in [0.2, 0.25) is 0 Å². The third-order valence-electron chi connectivity index (χ3n) is 1.26. The summed E-state index contributed by atoms with van der Waals surface area (Å²) in [6, 6.07) is 0. The first-order valence-corrected chi connectivity index (χ1v) is 3.98. The highest BCUT2D eigenvalue weighted by Gasteiger charge is 2.12. The van der Waals surface area contributed by atoms with Crippen molar-refractivity contribution in [2.75, 3.05) is 0 Å². The molecule has 0 aromatic rings. The van der Waals surface area contributed by atoms with E-state index in [4.69, 9.17) is 10.8 Å². The molecule has 4 nitrogen and oxygen atoms in total. The maximum Gasteiger partial charge on any atom is 0.220 e. The summed E-state index contributed by atoms with van der Waals surface area (Å²) in [6.07, 6.45) is 2.95.